The van der Waals surface area contributed by atoms with E-state index < -0.39 is 35.1 Å². The zero-order valence-electron chi connectivity index (χ0n) is 14.9. The number of amides is 1. The summed E-state index contributed by atoms with van der Waals surface area (Å²) in [5.41, 5.74) is 0.791. The molecule has 2 rings (SSSR count). The lowest BCUT2D eigenvalue weighted by molar-refractivity contribution is -0.143. The molecule has 0 aromatic carbocycles. The lowest BCUT2D eigenvalue weighted by Crippen LogP contribution is -2.43. The molecule has 1 aromatic rings. The van der Waals surface area contributed by atoms with Gasteiger partial charge in [0, 0.05) is 37.6 Å². The van der Waals surface area contributed by atoms with E-state index in [4.69, 9.17) is 0 Å². The summed E-state index contributed by atoms with van der Waals surface area (Å²) < 4.78 is 0. The molecule has 26 heavy (non-hydrogen) atoms. The molecule has 0 aliphatic carbocycles. The van der Waals surface area contributed by atoms with Crippen molar-refractivity contribution in [3.63, 3.8) is 0 Å². The summed E-state index contributed by atoms with van der Waals surface area (Å²) in [6.07, 6.45) is 0.266. The summed E-state index contributed by atoms with van der Waals surface area (Å²) in [4.78, 5) is 60.3. The molecule has 0 radical (unpaired) electrons. The van der Waals surface area contributed by atoms with Gasteiger partial charge in [-0.2, -0.15) is 11.3 Å². The normalized spacial score (nSPS) is 18.5. The second-order valence-corrected chi connectivity index (χ2v) is 7.77. The van der Waals surface area contributed by atoms with E-state index in [9.17, 15) is 24.0 Å². The fraction of sp³-hybridized carbons (Fsp3) is 0.526. The molecule has 7 heteroatoms. The number of nitrogens with one attached hydrogen (secondary N) is 1. The third-order valence-corrected chi connectivity index (χ3v) is 5.43. The zero-order chi connectivity index (χ0) is 19.3. The quantitative estimate of drug-likeness (QED) is 0.661. The summed E-state index contributed by atoms with van der Waals surface area (Å²) >= 11 is 1.45. The van der Waals surface area contributed by atoms with Gasteiger partial charge in [-0.25, -0.2) is 0 Å². The fourth-order valence-corrected chi connectivity index (χ4v) is 3.73. The highest BCUT2D eigenvalue weighted by Gasteiger charge is 2.34. The first-order valence-electron chi connectivity index (χ1n) is 8.71. The standard InChI is InChI=1S/C19H23NO5S/c1-11(2)14(9-17(23)16(22)7-12-4-6-26-10-12)15(21)8-13-3-5-20-19(25)18(13)24/h4,6,10-11,13-14H,3,5,7-9H2,1-2H3,(H,20,25). The van der Waals surface area contributed by atoms with Crippen LogP contribution in [0.4, 0.5) is 0 Å². The van der Waals surface area contributed by atoms with Crippen molar-refractivity contribution in [3.8, 4) is 0 Å². The lowest BCUT2D eigenvalue weighted by Gasteiger charge is -2.24. The van der Waals surface area contributed by atoms with Gasteiger partial charge in [-0.3, -0.25) is 24.0 Å². The van der Waals surface area contributed by atoms with Crippen molar-refractivity contribution < 1.29 is 24.0 Å². The first kappa shape index (κ1) is 20.2. The predicted octanol–water partition coefficient (Wildman–Crippen LogP) is 1.76. The summed E-state index contributed by atoms with van der Waals surface area (Å²) in [5, 5.41) is 6.11. The highest BCUT2D eigenvalue weighted by atomic mass is 32.1. The fourth-order valence-electron chi connectivity index (χ4n) is 3.06. The number of hydrogen-bond donors (Lipinski definition) is 1. The average Bonchev–Trinajstić information content (AvgIpc) is 3.09. The molecule has 1 aromatic heterocycles. The van der Waals surface area contributed by atoms with E-state index >= 15 is 0 Å². The van der Waals surface area contributed by atoms with E-state index in [0.29, 0.717) is 13.0 Å². The highest BCUT2D eigenvalue weighted by Crippen LogP contribution is 2.24. The van der Waals surface area contributed by atoms with Crippen molar-refractivity contribution in [1.29, 1.82) is 0 Å². The lowest BCUT2D eigenvalue weighted by atomic mass is 9.80. The Morgan fingerprint density at radius 3 is 2.58 bits per heavy atom. The third kappa shape index (κ3) is 5.17. The van der Waals surface area contributed by atoms with Crippen LogP contribution >= 0.6 is 11.3 Å². The van der Waals surface area contributed by atoms with Crippen LogP contribution in [0.5, 0.6) is 0 Å². The number of Topliss-reactive ketones (excluding diaryl/α,β-unsaturated/α-hetero) is 4. The molecule has 0 spiro atoms. The van der Waals surface area contributed by atoms with E-state index in [1.807, 2.05) is 24.6 Å². The van der Waals surface area contributed by atoms with Crippen molar-refractivity contribution >= 4 is 40.4 Å². The molecule has 1 aliphatic heterocycles. The molecule has 2 atom stereocenters. The van der Waals surface area contributed by atoms with Crippen LogP contribution in [-0.4, -0.2) is 35.6 Å². The molecule has 1 aliphatic rings. The van der Waals surface area contributed by atoms with Gasteiger partial charge in [0.2, 0.25) is 11.6 Å². The second-order valence-electron chi connectivity index (χ2n) is 6.99. The Morgan fingerprint density at radius 1 is 1.23 bits per heavy atom. The maximum Gasteiger partial charge on any atom is 0.287 e. The van der Waals surface area contributed by atoms with Gasteiger partial charge in [-0.1, -0.05) is 13.8 Å². The molecule has 2 heterocycles. The summed E-state index contributed by atoms with van der Waals surface area (Å²) in [6, 6.07) is 1.79. The summed E-state index contributed by atoms with van der Waals surface area (Å²) in [5.74, 6) is -3.91. The van der Waals surface area contributed by atoms with E-state index in [-0.39, 0.29) is 31.0 Å². The zero-order valence-corrected chi connectivity index (χ0v) is 15.8. The number of carbonyl (C=O) groups excluding carboxylic acids is 5. The number of hydrogen-bond acceptors (Lipinski definition) is 6. The minimum absolute atomic E-state index is 0.0443. The van der Waals surface area contributed by atoms with Gasteiger partial charge in [-0.15, -0.1) is 0 Å². The maximum atomic E-state index is 12.6. The first-order valence-corrected chi connectivity index (χ1v) is 9.65. The Hall–Kier alpha value is -2.15. The Bertz CT molecular complexity index is 708. The first-order chi connectivity index (χ1) is 12.3. The topological polar surface area (TPSA) is 97.4 Å². The van der Waals surface area contributed by atoms with E-state index in [1.165, 1.54) is 11.3 Å². The van der Waals surface area contributed by atoms with Crippen molar-refractivity contribution in [3.05, 3.63) is 22.4 Å². The second kappa shape index (κ2) is 8.98. The van der Waals surface area contributed by atoms with E-state index in [2.05, 4.69) is 5.32 Å². The molecule has 2 unspecified atom stereocenters. The largest absolute Gasteiger partial charge is 0.349 e. The smallest absolute Gasteiger partial charge is 0.287 e. The Labute approximate surface area is 156 Å². The number of thiophene rings is 1. The third-order valence-electron chi connectivity index (χ3n) is 4.70. The van der Waals surface area contributed by atoms with Crippen LogP contribution in [0.2, 0.25) is 0 Å². The molecule has 0 saturated carbocycles. The van der Waals surface area contributed by atoms with Gasteiger partial charge in [0.1, 0.15) is 5.78 Å². The minimum Gasteiger partial charge on any atom is -0.349 e. The molecule has 1 saturated heterocycles. The van der Waals surface area contributed by atoms with Gasteiger partial charge >= 0.3 is 0 Å². The number of carbonyl (C=O) groups is 5. The van der Waals surface area contributed by atoms with Crippen LogP contribution in [0.1, 0.15) is 38.7 Å². The van der Waals surface area contributed by atoms with E-state index in [0.717, 1.165) is 5.56 Å². The molecular formula is C19H23NO5S. The number of ketones is 4. The van der Waals surface area contributed by atoms with Crippen LogP contribution < -0.4 is 5.32 Å². The molecule has 1 fully saturated rings. The molecule has 1 amide bonds. The molecule has 140 valence electrons. The van der Waals surface area contributed by atoms with E-state index in [1.54, 1.807) is 6.07 Å². The van der Waals surface area contributed by atoms with Gasteiger partial charge in [0.15, 0.2) is 5.78 Å². The van der Waals surface area contributed by atoms with Crippen molar-refractivity contribution in [2.75, 3.05) is 6.54 Å². The summed E-state index contributed by atoms with van der Waals surface area (Å²) in [6.45, 7) is 4.00. The Balaban J connectivity index is 1.97. The van der Waals surface area contributed by atoms with Gasteiger partial charge in [0.05, 0.1) is 0 Å². The predicted molar refractivity (Wildman–Crippen MR) is 96.7 cm³/mol. The number of rotatable bonds is 9. The maximum absolute atomic E-state index is 12.6. The van der Waals surface area contributed by atoms with Gasteiger partial charge in [-0.05, 0) is 34.7 Å². The van der Waals surface area contributed by atoms with Crippen LogP contribution in [0.3, 0.4) is 0 Å². The Morgan fingerprint density at radius 2 is 1.96 bits per heavy atom. The van der Waals surface area contributed by atoms with Crippen molar-refractivity contribution in [1.82, 2.24) is 5.32 Å². The molecule has 6 nitrogen and oxygen atoms in total. The monoisotopic (exact) mass is 377 g/mol. The van der Waals surface area contributed by atoms with Gasteiger partial charge < -0.3 is 5.32 Å². The number of piperidine rings is 1. The van der Waals surface area contributed by atoms with Gasteiger partial charge in [0.25, 0.3) is 5.91 Å². The molecule has 1 N–H and O–H groups in total. The van der Waals surface area contributed by atoms with Crippen LogP contribution in [0.15, 0.2) is 16.8 Å². The minimum atomic E-state index is -0.655. The summed E-state index contributed by atoms with van der Waals surface area (Å²) in [7, 11) is 0. The van der Waals surface area contributed by atoms with Crippen LogP contribution in [-0.2, 0) is 30.4 Å². The van der Waals surface area contributed by atoms with Crippen molar-refractivity contribution in [2.24, 2.45) is 17.8 Å². The van der Waals surface area contributed by atoms with Crippen LogP contribution in [0, 0.1) is 17.8 Å². The molecular weight excluding hydrogens is 354 g/mol. The van der Waals surface area contributed by atoms with Crippen molar-refractivity contribution in [2.45, 2.75) is 39.5 Å². The molecule has 0 bridgehead atoms. The van der Waals surface area contributed by atoms with Crippen LogP contribution in [0.25, 0.3) is 0 Å². The average molecular weight is 377 g/mol. The Kier molecular flexibility index (Phi) is 6.97. The SMILES string of the molecule is CC(C)C(CC(=O)C(=O)Cc1ccsc1)C(=O)CC1CCNC(=O)C1=O. The highest BCUT2D eigenvalue weighted by molar-refractivity contribution is 7.08.